The van der Waals surface area contributed by atoms with Crippen LogP contribution >= 0.6 is 23.4 Å². The molecule has 1 unspecified atom stereocenters. The molecule has 2 heterocycles. The zero-order chi connectivity index (χ0) is 12.4. The van der Waals surface area contributed by atoms with Gasteiger partial charge in [-0.25, -0.2) is 0 Å². The number of hydrogen-bond donors (Lipinski definition) is 0. The minimum Gasteiger partial charge on any atom is -0.338 e. The van der Waals surface area contributed by atoms with Crippen molar-refractivity contribution in [1.82, 2.24) is 9.88 Å². The minimum atomic E-state index is -0.0324. The van der Waals surface area contributed by atoms with E-state index in [0.29, 0.717) is 16.6 Å². The molecule has 0 saturated carbocycles. The first-order chi connectivity index (χ1) is 8.09. The molecule has 1 atom stereocenters. The van der Waals surface area contributed by atoms with Crippen molar-refractivity contribution in [2.24, 2.45) is 0 Å². The van der Waals surface area contributed by atoms with Gasteiger partial charge in [-0.05, 0) is 25.2 Å². The molecule has 1 amide bonds. The normalized spacial score (nSPS) is 19.4. The van der Waals surface area contributed by atoms with E-state index in [1.54, 1.807) is 17.2 Å². The summed E-state index contributed by atoms with van der Waals surface area (Å²) in [7, 11) is 1.84. The second kappa shape index (κ2) is 5.27. The number of hydrogen-bond acceptors (Lipinski definition) is 3. The maximum atomic E-state index is 12.3. The van der Waals surface area contributed by atoms with E-state index in [2.05, 4.69) is 4.98 Å². The Morgan fingerprint density at radius 2 is 2.41 bits per heavy atom. The van der Waals surface area contributed by atoms with Crippen molar-refractivity contribution in [3.8, 4) is 0 Å². The molecule has 1 saturated heterocycles. The molecule has 0 radical (unpaired) electrons. The Morgan fingerprint density at radius 3 is 3.00 bits per heavy atom. The highest BCUT2D eigenvalue weighted by Gasteiger charge is 2.25. The molecule has 1 fully saturated rings. The molecule has 0 N–H and O–H groups in total. The third-order valence-corrected chi connectivity index (χ3v) is 4.45. The second-order valence-electron chi connectivity index (χ2n) is 4.24. The molecule has 0 spiro atoms. The van der Waals surface area contributed by atoms with Gasteiger partial charge in [0, 0.05) is 30.7 Å². The number of pyridine rings is 1. The Bertz CT molecular complexity index is 433. The largest absolute Gasteiger partial charge is 0.338 e. The Morgan fingerprint density at radius 1 is 1.65 bits per heavy atom. The Labute approximate surface area is 111 Å². The van der Waals surface area contributed by atoms with E-state index in [9.17, 15) is 4.79 Å². The van der Waals surface area contributed by atoms with Crippen LogP contribution in [0.2, 0.25) is 5.02 Å². The SMILES string of the molecule is Cc1cc(Cl)c(C(=O)N(C)C2CCSC2)cn1. The summed E-state index contributed by atoms with van der Waals surface area (Å²) in [5, 5.41) is 0.486. The van der Waals surface area contributed by atoms with Gasteiger partial charge in [-0.2, -0.15) is 11.8 Å². The molecule has 2 rings (SSSR count). The average molecular weight is 271 g/mol. The summed E-state index contributed by atoms with van der Waals surface area (Å²) in [6.45, 7) is 1.86. The maximum Gasteiger partial charge on any atom is 0.256 e. The number of carbonyl (C=O) groups excluding carboxylic acids is 1. The van der Waals surface area contributed by atoms with E-state index < -0.39 is 0 Å². The third-order valence-electron chi connectivity index (χ3n) is 2.99. The van der Waals surface area contributed by atoms with Crippen molar-refractivity contribution >= 4 is 29.3 Å². The first kappa shape index (κ1) is 12.7. The number of thioether (sulfide) groups is 1. The highest BCUT2D eigenvalue weighted by molar-refractivity contribution is 7.99. The van der Waals surface area contributed by atoms with E-state index >= 15 is 0 Å². The number of aryl methyl sites for hydroxylation is 1. The van der Waals surface area contributed by atoms with Crippen LogP contribution in [0.3, 0.4) is 0 Å². The van der Waals surface area contributed by atoms with Gasteiger partial charge in [0.15, 0.2) is 0 Å². The average Bonchev–Trinajstić information content (AvgIpc) is 2.80. The summed E-state index contributed by atoms with van der Waals surface area (Å²) in [6.07, 6.45) is 2.63. The summed E-state index contributed by atoms with van der Waals surface area (Å²) < 4.78 is 0. The van der Waals surface area contributed by atoms with E-state index in [-0.39, 0.29) is 5.91 Å². The number of halogens is 1. The van der Waals surface area contributed by atoms with Crippen LogP contribution in [0.15, 0.2) is 12.3 Å². The number of rotatable bonds is 2. The fourth-order valence-corrected chi connectivity index (χ4v) is 3.42. The topological polar surface area (TPSA) is 33.2 Å². The van der Waals surface area contributed by atoms with Gasteiger partial charge < -0.3 is 4.90 Å². The summed E-state index contributed by atoms with van der Waals surface area (Å²) in [5.41, 5.74) is 1.32. The fraction of sp³-hybridized carbons (Fsp3) is 0.500. The second-order valence-corrected chi connectivity index (χ2v) is 5.80. The van der Waals surface area contributed by atoms with E-state index in [1.807, 2.05) is 25.7 Å². The lowest BCUT2D eigenvalue weighted by Gasteiger charge is -2.24. The Hall–Kier alpha value is -0.740. The van der Waals surface area contributed by atoms with Gasteiger partial charge in [0.1, 0.15) is 0 Å². The van der Waals surface area contributed by atoms with Gasteiger partial charge in [-0.3, -0.25) is 9.78 Å². The first-order valence-electron chi connectivity index (χ1n) is 5.56. The van der Waals surface area contributed by atoms with Gasteiger partial charge in [0.05, 0.1) is 10.6 Å². The van der Waals surface area contributed by atoms with E-state index in [0.717, 1.165) is 23.6 Å². The van der Waals surface area contributed by atoms with Crippen molar-refractivity contribution in [1.29, 1.82) is 0 Å². The summed E-state index contributed by atoms with van der Waals surface area (Å²) >= 11 is 7.97. The Balaban J connectivity index is 2.18. The lowest BCUT2D eigenvalue weighted by Crippen LogP contribution is -2.37. The molecule has 0 aliphatic carbocycles. The van der Waals surface area contributed by atoms with Crippen LogP contribution in [0.5, 0.6) is 0 Å². The number of nitrogens with zero attached hydrogens (tertiary/aromatic N) is 2. The standard InChI is InChI=1S/C12H15ClN2OS/c1-8-5-11(13)10(6-14-8)12(16)15(2)9-3-4-17-7-9/h5-6,9H,3-4,7H2,1-2H3. The van der Waals surface area contributed by atoms with Gasteiger partial charge in [-0.1, -0.05) is 11.6 Å². The lowest BCUT2D eigenvalue weighted by molar-refractivity contribution is 0.0747. The van der Waals surface area contributed by atoms with Crippen molar-refractivity contribution in [3.63, 3.8) is 0 Å². The molecule has 92 valence electrons. The van der Waals surface area contributed by atoms with Gasteiger partial charge >= 0.3 is 0 Å². The zero-order valence-electron chi connectivity index (χ0n) is 9.94. The number of aromatic nitrogens is 1. The van der Waals surface area contributed by atoms with Crippen LogP contribution in [0.25, 0.3) is 0 Å². The van der Waals surface area contributed by atoms with Gasteiger partial charge in [0.25, 0.3) is 5.91 Å². The molecule has 1 aliphatic heterocycles. The van der Waals surface area contributed by atoms with Gasteiger partial charge in [0.2, 0.25) is 0 Å². The highest BCUT2D eigenvalue weighted by Crippen LogP contribution is 2.24. The molecule has 1 aromatic rings. The molecular weight excluding hydrogens is 256 g/mol. The number of amides is 1. The highest BCUT2D eigenvalue weighted by atomic mass is 35.5. The van der Waals surface area contributed by atoms with Crippen molar-refractivity contribution < 1.29 is 4.79 Å². The molecule has 1 aromatic heterocycles. The minimum absolute atomic E-state index is 0.0324. The quantitative estimate of drug-likeness (QED) is 0.828. The molecule has 1 aliphatic rings. The molecule has 5 heteroatoms. The van der Waals surface area contributed by atoms with Crippen LogP contribution in [-0.2, 0) is 0 Å². The van der Waals surface area contributed by atoms with Crippen molar-refractivity contribution in [2.45, 2.75) is 19.4 Å². The zero-order valence-corrected chi connectivity index (χ0v) is 11.5. The third kappa shape index (κ3) is 2.75. The molecular formula is C12H15ClN2OS. The Kier molecular flexibility index (Phi) is 3.94. The van der Waals surface area contributed by atoms with E-state index in [1.165, 1.54) is 0 Å². The smallest absolute Gasteiger partial charge is 0.256 e. The predicted octanol–water partition coefficient (Wildman–Crippen LogP) is 2.62. The first-order valence-corrected chi connectivity index (χ1v) is 7.10. The van der Waals surface area contributed by atoms with Crippen LogP contribution in [0.1, 0.15) is 22.5 Å². The molecule has 3 nitrogen and oxygen atoms in total. The summed E-state index contributed by atoms with van der Waals surface area (Å²) in [4.78, 5) is 18.2. The number of carbonyl (C=O) groups is 1. The lowest BCUT2D eigenvalue weighted by atomic mass is 10.2. The van der Waals surface area contributed by atoms with Crippen LogP contribution in [0.4, 0.5) is 0 Å². The maximum absolute atomic E-state index is 12.3. The molecule has 0 aromatic carbocycles. The van der Waals surface area contributed by atoms with Crippen LogP contribution in [0, 0.1) is 6.92 Å². The van der Waals surface area contributed by atoms with Crippen LogP contribution < -0.4 is 0 Å². The molecule has 17 heavy (non-hydrogen) atoms. The van der Waals surface area contributed by atoms with Crippen molar-refractivity contribution in [3.05, 3.63) is 28.5 Å². The van der Waals surface area contributed by atoms with Crippen molar-refractivity contribution in [2.75, 3.05) is 18.6 Å². The fourth-order valence-electron chi connectivity index (χ4n) is 1.87. The summed E-state index contributed by atoms with van der Waals surface area (Å²) in [5.74, 6) is 2.11. The van der Waals surface area contributed by atoms with Crippen LogP contribution in [-0.4, -0.2) is 40.4 Å². The van der Waals surface area contributed by atoms with E-state index in [4.69, 9.17) is 11.6 Å². The van der Waals surface area contributed by atoms with Gasteiger partial charge in [-0.15, -0.1) is 0 Å². The molecule has 0 bridgehead atoms. The predicted molar refractivity (Wildman–Crippen MR) is 71.8 cm³/mol. The summed E-state index contributed by atoms with van der Waals surface area (Å²) in [6, 6.07) is 2.05. The monoisotopic (exact) mass is 270 g/mol.